The first-order chi connectivity index (χ1) is 16.2. The SMILES string of the molecule is CC(C)(C)Cc1ccc2c(c1)Nc1cccc3c1C2(c1ccccc1)c1ccccc1C3(C)F. The minimum atomic E-state index is -1.58. The third kappa shape index (κ3) is 2.84. The normalized spacial score (nSPS) is 22.3. The Labute approximate surface area is 201 Å². The van der Waals surface area contributed by atoms with Crippen LogP contribution < -0.4 is 5.32 Å². The standard InChI is InChI=1S/C32H30FN/c1-30(2,3)20-21-17-18-25-28(19-21)34-27-16-10-15-26-29(27)32(25,22-11-6-5-7-12-22)24-14-9-8-13-23(24)31(26,4)33/h5-19,34H,20H2,1-4H3. The first-order valence-electron chi connectivity index (χ1n) is 12.1. The van der Waals surface area contributed by atoms with E-state index >= 15 is 4.39 Å². The monoisotopic (exact) mass is 447 g/mol. The summed E-state index contributed by atoms with van der Waals surface area (Å²) in [5.41, 5.74) is 7.31. The van der Waals surface area contributed by atoms with Gasteiger partial charge in [0.25, 0.3) is 0 Å². The van der Waals surface area contributed by atoms with Crippen LogP contribution in [0.25, 0.3) is 0 Å². The number of rotatable bonds is 2. The Kier molecular flexibility index (Phi) is 4.39. The molecule has 1 nitrogen and oxygen atoms in total. The zero-order chi connectivity index (χ0) is 23.7. The molecular formula is C32H30FN. The largest absolute Gasteiger partial charge is 0.355 e. The van der Waals surface area contributed by atoms with Gasteiger partial charge >= 0.3 is 0 Å². The molecule has 4 aromatic rings. The van der Waals surface area contributed by atoms with Crippen LogP contribution in [0.5, 0.6) is 0 Å². The predicted molar refractivity (Wildman–Crippen MR) is 139 cm³/mol. The predicted octanol–water partition coefficient (Wildman–Crippen LogP) is 8.26. The highest BCUT2D eigenvalue weighted by molar-refractivity contribution is 5.86. The molecule has 1 N–H and O–H groups in total. The second-order valence-electron chi connectivity index (χ2n) is 11.1. The van der Waals surface area contributed by atoms with Gasteiger partial charge in [-0.25, -0.2) is 4.39 Å². The van der Waals surface area contributed by atoms with Crippen LogP contribution in [0.2, 0.25) is 0 Å². The molecule has 4 aromatic carbocycles. The van der Waals surface area contributed by atoms with E-state index in [4.69, 9.17) is 0 Å². The number of alkyl halides is 1. The average Bonchev–Trinajstić information content (AvgIpc) is 2.81. The van der Waals surface area contributed by atoms with Crippen molar-refractivity contribution in [3.63, 3.8) is 0 Å². The topological polar surface area (TPSA) is 12.0 Å². The molecule has 0 saturated heterocycles. The van der Waals surface area contributed by atoms with E-state index in [0.29, 0.717) is 0 Å². The summed E-state index contributed by atoms with van der Waals surface area (Å²) in [6.45, 7) is 8.52. The van der Waals surface area contributed by atoms with Gasteiger partial charge in [0, 0.05) is 22.5 Å². The van der Waals surface area contributed by atoms with Crippen molar-refractivity contribution >= 4 is 11.4 Å². The van der Waals surface area contributed by atoms with Gasteiger partial charge in [-0.1, -0.05) is 99.6 Å². The fourth-order valence-corrected chi connectivity index (χ4v) is 6.26. The Balaban J connectivity index is 1.76. The van der Waals surface area contributed by atoms with E-state index in [0.717, 1.165) is 45.6 Å². The van der Waals surface area contributed by atoms with Gasteiger partial charge in [-0.3, -0.25) is 0 Å². The number of halogens is 1. The second kappa shape index (κ2) is 7.06. The molecule has 1 heterocycles. The Morgan fingerprint density at radius 3 is 2.12 bits per heavy atom. The summed E-state index contributed by atoms with van der Waals surface area (Å²) in [7, 11) is 0. The van der Waals surface area contributed by atoms with Crippen molar-refractivity contribution in [3.8, 4) is 0 Å². The highest BCUT2D eigenvalue weighted by Crippen LogP contribution is 2.61. The van der Waals surface area contributed by atoms with Crippen LogP contribution in [-0.4, -0.2) is 0 Å². The molecule has 2 unspecified atom stereocenters. The molecule has 0 fully saturated rings. The van der Waals surface area contributed by atoms with Crippen LogP contribution in [0.4, 0.5) is 15.8 Å². The molecule has 34 heavy (non-hydrogen) atoms. The molecule has 0 radical (unpaired) electrons. The average molecular weight is 448 g/mol. The molecule has 0 aromatic heterocycles. The van der Waals surface area contributed by atoms with E-state index in [1.54, 1.807) is 6.92 Å². The molecule has 6 rings (SSSR count). The lowest BCUT2D eigenvalue weighted by Crippen LogP contribution is -2.44. The van der Waals surface area contributed by atoms with Gasteiger partial charge in [0.1, 0.15) is 0 Å². The molecule has 0 bridgehead atoms. The van der Waals surface area contributed by atoms with Gasteiger partial charge in [-0.2, -0.15) is 0 Å². The molecular weight excluding hydrogens is 417 g/mol. The maximum Gasteiger partial charge on any atom is 0.159 e. The summed E-state index contributed by atoms with van der Waals surface area (Å²) in [6.07, 6.45) is 0.992. The fraction of sp³-hybridized carbons (Fsp3) is 0.250. The molecule has 2 aliphatic rings. The summed E-state index contributed by atoms with van der Waals surface area (Å²) < 4.78 is 16.7. The maximum atomic E-state index is 16.7. The molecule has 2 atom stereocenters. The van der Waals surface area contributed by atoms with Crippen molar-refractivity contribution in [2.24, 2.45) is 5.41 Å². The third-order valence-corrected chi connectivity index (χ3v) is 7.48. The van der Waals surface area contributed by atoms with Crippen molar-refractivity contribution in [2.75, 3.05) is 5.32 Å². The number of benzene rings is 4. The van der Waals surface area contributed by atoms with Gasteiger partial charge in [0.15, 0.2) is 5.67 Å². The Morgan fingerprint density at radius 1 is 0.706 bits per heavy atom. The third-order valence-electron chi connectivity index (χ3n) is 7.48. The van der Waals surface area contributed by atoms with Crippen LogP contribution >= 0.6 is 0 Å². The lowest BCUT2D eigenvalue weighted by Gasteiger charge is -2.49. The number of fused-ring (bicyclic) bond motifs is 4. The van der Waals surface area contributed by atoms with E-state index in [1.165, 1.54) is 11.1 Å². The minimum Gasteiger partial charge on any atom is -0.355 e. The van der Waals surface area contributed by atoms with Crippen molar-refractivity contribution < 1.29 is 4.39 Å². The zero-order valence-corrected chi connectivity index (χ0v) is 20.2. The lowest BCUT2D eigenvalue weighted by molar-refractivity contribution is 0.238. The Hall–Kier alpha value is -3.39. The molecule has 2 heteroatoms. The molecule has 170 valence electrons. The molecule has 0 amide bonds. The Morgan fingerprint density at radius 2 is 1.38 bits per heavy atom. The van der Waals surface area contributed by atoms with Crippen LogP contribution in [0, 0.1) is 5.41 Å². The van der Waals surface area contributed by atoms with Gasteiger partial charge in [-0.05, 0) is 58.7 Å². The minimum absolute atomic E-state index is 0.193. The van der Waals surface area contributed by atoms with Crippen LogP contribution in [-0.2, 0) is 17.5 Å². The van der Waals surface area contributed by atoms with E-state index < -0.39 is 11.1 Å². The summed E-state index contributed by atoms with van der Waals surface area (Å²) in [4.78, 5) is 0. The fourth-order valence-electron chi connectivity index (χ4n) is 6.26. The summed E-state index contributed by atoms with van der Waals surface area (Å²) in [5, 5.41) is 3.70. The maximum absolute atomic E-state index is 16.7. The highest BCUT2D eigenvalue weighted by atomic mass is 19.1. The van der Waals surface area contributed by atoms with Crippen molar-refractivity contribution in [1.29, 1.82) is 0 Å². The molecule has 1 aliphatic heterocycles. The smallest absolute Gasteiger partial charge is 0.159 e. The van der Waals surface area contributed by atoms with Gasteiger partial charge in [0.05, 0.1) is 5.41 Å². The van der Waals surface area contributed by atoms with Crippen molar-refractivity contribution in [2.45, 2.75) is 45.2 Å². The second-order valence-corrected chi connectivity index (χ2v) is 11.1. The number of anilines is 2. The molecule has 0 spiro atoms. The Bertz CT molecular complexity index is 1410. The van der Waals surface area contributed by atoms with E-state index in [1.807, 2.05) is 30.3 Å². The zero-order valence-electron chi connectivity index (χ0n) is 20.2. The molecule has 0 saturated carbocycles. The number of hydrogen-bond donors (Lipinski definition) is 1. The van der Waals surface area contributed by atoms with Gasteiger partial charge in [-0.15, -0.1) is 0 Å². The van der Waals surface area contributed by atoms with Crippen LogP contribution in [0.1, 0.15) is 66.6 Å². The van der Waals surface area contributed by atoms with E-state index in [9.17, 15) is 0 Å². The quantitative estimate of drug-likeness (QED) is 0.287. The lowest BCUT2D eigenvalue weighted by atomic mass is 9.55. The summed E-state index contributed by atoms with van der Waals surface area (Å²) >= 11 is 0. The van der Waals surface area contributed by atoms with E-state index in [-0.39, 0.29) is 5.41 Å². The van der Waals surface area contributed by atoms with Gasteiger partial charge in [0.2, 0.25) is 0 Å². The number of nitrogens with one attached hydrogen (secondary N) is 1. The van der Waals surface area contributed by atoms with E-state index in [2.05, 4.69) is 86.8 Å². The van der Waals surface area contributed by atoms with Crippen LogP contribution in [0.15, 0.2) is 91.0 Å². The van der Waals surface area contributed by atoms with Crippen LogP contribution in [0.3, 0.4) is 0 Å². The summed E-state index contributed by atoms with van der Waals surface area (Å²) in [5.74, 6) is 0. The molecule has 1 aliphatic carbocycles. The highest BCUT2D eigenvalue weighted by Gasteiger charge is 2.54. The first-order valence-corrected chi connectivity index (χ1v) is 12.1. The van der Waals surface area contributed by atoms with Gasteiger partial charge < -0.3 is 5.32 Å². The summed E-state index contributed by atoms with van der Waals surface area (Å²) in [6, 6.07) is 31.6. The van der Waals surface area contributed by atoms with Crippen molar-refractivity contribution in [3.05, 3.63) is 130 Å². The van der Waals surface area contributed by atoms with Crippen molar-refractivity contribution in [1.82, 2.24) is 0 Å². The number of hydrogen-bond acceptors (Lipinski definition) is 1. The first kappa shape index (κ1) is 21.2.